The van der Waals surface area contributed by atoms with Gasteiger partial charge in [0.25, 0.3) is 0 Å². The fourth-order valence-electron chi connectivity index (χ4n) is 2.78. The minimum absolute atomic E-state index is 0.982. The molecule has 0 atom stereocenters. The van der Waals surface area contributed by atoms with Crippen molar-refractivity contribution in [2.75, 3.05) is 0 Å². The van der Waals surface area contributed by atoms with Crippen LogP contribution in [0.1, 0.15) is 64.0 Å². The molecule has 0 saturated carbocycles. The number of benzene rings is 1. The topological polar surface area (TPSA) is 12.9 Å². The number of pyridine rings is 1. The van der Waals surface area contributed by atoms with Gasteiger partial charge in [0, 0.05) is 11.1 Å². The summed E-state index contributed by atoms with van der Waals surface area (Å²) in [6.45, 7) is 2.27. The lowest BCUT2D eigenvalue weighted by atomic mass is 10.1. The van der Waals surface area contributed by atoms with Crippen molar-refractivity contribution in [1.29, 1.82) is 0 Å². The minimum Gasteiger partial charge on any atom is -0.245 e. The summed E-state index contributed by atoms with van der Waals surface area (Å²) in [6, 6.07) is 10.7. The molecule has 0 aliphatic carbocycles. The highest BCUT2D eigenvalue weighted by atomic mass is 79.9. The molecule has 0 spiro atoms. The Kier molecular flexibility index (Phi) is 7.21. The Morgan fingerprint density at radius 2 is 1.57 bits per heavy atom. The highest BCUT2D eigenvalue weighted by molar-refractivity contribution is 9.10. The van der Waals surface area contributed by atoms with Crippen LogP contribution in [-0.4, -0.2) is 4.98 Å². The summed E-state index contributed by atoms with van der Waals surface area (Å²) in [4.78, 5) is 4.68. The van der Waals surface area contributed by atoms with E-state index in [0.717, 1.165) is 11.0 Å². The van der Waals surface area contributed by atoms with Crippen LogP contribution in [0.3, 0.4) is 0 Å². The number of aromatic nitrogens is 1. The molecule has 1 nitrogen and oxygen atoms in total. The quantitative estimate of drug-likeness (QED) is 0.364. The molecule has 2 rings (SSSR count). The van der Waals surface area contributed by atoms with Crippen LogP contribution in [0.15, 0.2) is 34.9 Å². The van der Waals surface area contributed by atoms with E-state index in [1.165, 1.54) is 67.8 Å². The average molecular weight is 348 g/mol. The molecular weight excluding hydrogens is 322 g/mol. The number of aryl methyl sites for hydroxylation is 1. The predicted octanol–water partition coefficient (Wildman–Crippen LogP) is 6.68. The van der Waals surface area contributed by atoms with Crippen LogP contribution in [0.25, 0.3) is 10.8 Å². The van der Waals surface area contributed by atoms with Crippen molar-refractivity contribution in [2.45, 2.75) is 64.7 Å². The third-order valence-electron chi connectivity index (χ3n) is 4.03. The molecule has 0 bridgehead atoms. The Labute approximate surface area is 137 Å². The number of halogens is 1. The van der Waals surface area contributed by atoms with Crippen molar-refractivity contribution in [1.82, 2.24) is 4.98 Å². The zero-order valence-electron chi connectivity index (χ0n) is 13.1. The van der Waals surface area contributed by atoms with Crippen LogP contribution in [0.4, 0.5) is 0 Å². The summed E-state index contributed by atoms with van der Waals surface area (Å²) in [5.74, 6) is 0. The van der Waals surface area contributed by atoms with Gasteiger partial charge in [-0.05, 0) is 40.2 Å². The van der Waals surface area contributed by atoms with Gasteiger partial charge in [-0.1, -0.05) is 76.1 Å². The Hall–Kier alpha value is -0.890. The summed E-state index contributed by atoms with van der Waals surface area (Å²) >= 11 is 3.59. The normalized spacial score (nSPS) is 11.1. The van der Waals surface area contributed by atoms with Gasteiger partial charge in [-0.3, -0.25) is 0 Å². The molecule has 0 aliphatic rings. The molecule has 2 aromatic rings. The van der Waals surface area contributed by atoms with Crippen LogP contribution in [0, 0.1) is 0 Å². The molecule has 0 aliphatic heterocycles. The monoisotopic (exact) mass is 347 g/mol. The van der Waals surface area contributed by atoms with E-state index in [1.807, 2.05) is 0 Å². The van der Waals surface area contributed by atoms with Gasteiger partial charge in [0.1, 0.15) is 4.60 Å². The van der Waals surface area contributed by atoms with Gasteiger partial charge < -0.3 is 0 Å². The summed E-state index contributed by atoms with van der Waals surface area (Å²) in [7, 11) is 0. The number of nitrogens with zero attached hydrogens (tertiary/aromatic N) is 1. The van der Waals surface area contributed by atoms with Gasteiger partial charge >= 0.3 is 0 Å². The van der Waals surface area contributed by atoms with Crippen molar-refractivity contribution in [2.24, 2.45) is 0 Å². The molecule has 0 unspecified atom stereocenters. The van der Waals surface area contributed by atoms with Crippen molar-refractivity contribution in [3.05, 3.63) is 40.6 Å². The fraction of sp³-hybridized carbons (Fsp3) is 0.526. The van der Waals surface area contributed by atoms with Crippen LogP contribution in [0.5, 0.6) is 0 Å². The fourth-order valence-corrected chi connectivity index (χ4v) is 3.37. The standard InChI is InChI=1S/C19H26BrN/c1-2-3-4-5-6-7-8-9-13-17-15-16-12-10-11-14-18(16)19(20)21-17/h10-12,14-15H,2-9,13H2,1H3. The highest BCUT2D eigenvalue weighted by Crippen LogP contribution is 2.23. The molecule has 0 amide bonds. The second kappa shape index (κ2) is 9.19. The maximum atomic E-state index is 4.68. The largest absolute Gasteiger partial charge is 0.245 e. The molecular formula is C19H26BrN. The van der Waals surface area contributed by atoms with E-state index in [-0.39, 0.29) is 0 Å². The number of fused-ring (bicyclic) bond motifs is 1. The lowest BCUT2D eigenvalue weighted by Gasteiger charge is -2.06. The van der Waals surface area contributed by atoms with E-state index in [9.17, 15) is 0 Å². The van der Waals surface area contributed by atoms with Gasteiger partial charge in [-0.15, -0.1) is 0 Å². The Morgan fingerprint density at radius 3 is 2.33 bits per heavy atom. The van der Waals surface area contributed by atoms with Gasteiger partial charge in [0.2, 0.25) is 0 Å². The summed E-state index contributed by atoms with van der Waals surface area (Å²) in [5.41, 5.74) is 1.21. The molecule has 1 heterocycles. The Bertz CT molecular complexity index is 550. The molecule has 0 fully saturated rings. The number of unbranched alkanes of at least 4 members (excludes halogenated alkanes) is 7. The first-order valence-electron chi connectivity index (χ1n) is 8.35. The smallest absolute Gasteiger partial charge is 0.114 e. The second-order valence-electron chi connectivity index (χ2n) is 5.85. The minimum atomic E-state index is 0.982. The predicted molar refractivity (Wildman–Crippen MR) is 95.8 cm³/mol. The lowest BCUT2D eigenvalue weighted by molar-refractivity contribution is 0.574. The number of hydrogen-bond acceptors (Lipinski definition) is 1. The van der Waals surface area contributed by atoms with Gasteiger partial charge in [-0.2, -0.15) is 0 Å². The van der Waals surface area contributed by atoms with Crippen LogP contribution in [-0.2, 0) is 6.42 Å². The molecule has 0 saturated heterocycles. The third-order valence-corrected chi connectivity index (χ3v) is 4.64. The maximum absolute atomic E-state index is 4.68. The first kappa shape index (κ1) is 16.5. The van der Waals surface area contributed by atoms with Gasteiger partial charge in [0.05, 0.1) is 0 Å². The van der Waals surface area contributed by atoms with Crippen molar-refractivity contribution >= 4 is 26.7 Å². The third kappa shape index (κ3) is 5.43. The molecule has 0 radical (unpaired) electrons. The number of rotatable bonds is 9. The van der Waals surface area contributed by atoms with Crippen molar-refractivity contribution < 1.29 is 0 Å². The Morgan fingerprint density at radius 1 is 0.905 bits per heavy atom. The molecule has 2 heteroatoms. The summed E-state index contributed by atoms with van der Waals surface area (Å²) in [6.07, 6.45) is 12.0. The highest BCUT2D eigenvalue weighted by Gasteiger charge is 2.03. The number of hydrogen-bond donors (Lipinski definition) is 0. The van der Waals surface area contributed by atoms with Gasteiger partial charge in [-0.25, -0.2) is 4.98 Å². The van der Waals surface area contributed by atoms with E-state index in [4.69, 9.17) is 0 Å². The Balaban J connectivity index is 1.74. The van der Waals surface area contributed by atoms with Crippen LogP contribution >= 0.6 is 15.9 Å². The maximum Gasteiger partial charge on any atom is 0.114 e. The van der Waals surface area contributed by atoms with E-state index in [1.54, 1.807) is 0 Å². The second-order valence-corrected chi connectivity index (χ2v) is 6.60. The zero-order chi connectivity index (χ0) is 14.9. The van der Waals surface area contributed by atoms with Gasteiger partial charge in [0.15, 0.2) is 0 Å². The zero-order valence-corrected chi connectivity index (χ0v) is 14.7. The lowest BCUT2D eigenvalue weighted by Crippen LogP contribution is -1.92. The summed E-state index contributed by atoms with van der Waals surface area (Å²) < 4.78 is 0.982. The molecule has 0 N–H and O–H groups in total. The molecule has 21 heavy (non-hydrogen) atoms. The van der Waals surface area contributed by atoms with Crippen molar-refractivity contribution in [3.8, 4) is 0 Å². The first-order valence-corrected chi connectivity index (χ1v) is 9.14. The SMILES string of the molecule is CCCCCCCCCCc1cc2ccccc2c(Br)n1. The van der Waals surface area contributed by atoms with E-state index < -0.39 is 0 Å². The summed E-state index contributed by atoms with van der Waals surface area (Å²) in [5, 5.41) is 2.49. The van der Waals surface area contributed by atoms with E-state index in [0.29, 0.717) is 0 Å². The molecule has 1 aromatic carbocycles. The van der Waals surface area contributed by atoms with E-state index in [2.05, 4.69) is 58.2 Å². The average Bonchev–Trinajstić information content (AvgIpc) is 2.50. The first-order chi connectivity index (χ1) is 10.3. The molecule has 1 aromatic heterocycles. The van der Waals surface area contributed by atoms with Crippen molar-refractivity contribution in [3.63, 3.8) is 0 Å². The van der Waals surface area contributed by atoms with Crippen LogP contribution in [0.2, 0.25) is 0 Å². The molecule has 114 valence electrons. The van der Waals surface area contributed by atoms with Crippen LogP contribution < -0.4 is 0 Å². The van der Waals surface area contributed by atoms with E-state index >= 15 is 0 Å².